The summed E-state index contributed by atoms with van der Waals surface area (Å²) in [5, 5.41) is 20.3. The lowest BCUT2D eigenvalue weighted by molar-refractivity contribution is 0.560. The molecule has 0 N–H and O–H groups in total. The third-order valence-electron chi connectivity index (χ3n) is 6.67. The van der Waals surface area contributed by atoms with E-state index in [1.54, 1.807) is 0 Å². The van der Waals surface area contributed by atoms with Crippen molar-refractivity contribution >= 4 is 44.4 Å². The molecule has 0 amide bonds. The van der Waals surface area contributed by atoms with E-state index >= 15 is 0 Å². The van der Waals surface area contributed by atoms with Gasteiger partial charge in [0.25, 0.3) is 0 Å². The average Bonchev–Trinajstić information content (AvgIpc) is 3.60. The summed E-state index contributed by atoms with van der Waals surface area (Å²) in [6, 6.07) is 23.5. The summed E-state index contributed by atoms with van der Waals surface area (Å²) in [6.07, 6.45) is 0. The first-order valence-corrected chi connectivity index (χ1v) is 12.1. The number of hydrogen-bond acceptors (Lipinski definition) is 6. The molecule has 0 spiro atoms. The molecule has 0 aliphatic heterocycles. The van der Waals surface area contributed by atoms with Gasteiger partial charge in [0.1, 0.15) is 11.0 Å². The van der Waals surface area contributed by atoms with Gasteiger partial charge in [-0.2, -0.15) is 0 Å². The molecule has 0 saturated carbocycles. The minimum absolute atomic E-state index is 0.0988. The Hall–Kier alpha value is -6.22. The monoisotopic (exact) mass is 516 g/mol. The van der Waals surface area contributed by atoms with E-state index < -0.39 is 0 Å². The zero-order valence-electron chi connectivity index (χ0n) is 21.3. The molecule has 0 fully saturated rings. The maximum absolute atomic E-state index is 9.52. The van der Waals surface area contributed by atoms with Gasteiger partial charge in [-0.1, -0.05) is 59.7 Å². The van der Waals surface area contributed by atoms with Crippen molar-refractivity contribution in [1.82, 2.24) is 9.97 Å². The molecular formula is C32H16N6O2. The number of oxazole rings is 2. The van der Waals surface area contributed by atoms with Gasteiger partial charge in [0.05, 0.1) is 30.7 Å². The highest BCUT2D eigenvalue weighted by atomic mass is 16.3. The van der Waals surface area contributed by atoms with Crippen molar-refractivity contribution < 1.29 is 8.83 Å². The van der Waals surface area contributed by atoms with Crippen LogP contribution in [0.2, 0.25) is 0 Å². The standard InChI is InChI=1S/C32H16N6O2/c1-17-5-9-19(10-6-17)22-13-21-14-23(20-11-7-18(2)8-12-20)29-28(38-32(39-29)25(16-34)36-4)26(21)30-27(22)37-31(40-30)24(15-33)35-3/h5-14H,1-2H3/b31-24+,32-25+. The van der Waals surface area contributed by atoms with Gasteiger partial charge in [0.15, 0.2) is 11.2 Å². The second-order valence-corrected chi connectivity index (χ2v) is 9.22. The van der Waals surface area contributed by atoms with E-state index in [-0.39, 0.29) is 22.5 Å². The molecule has 8 nitrogen and oxygen atoms in total. The van der Waals surface area contributed by atoms with E-state index in [2.05, 4.69) is 19.7 Å². The Bertz CT molecular complexity index is 2120. The fourth-order valence-corrected chi connectivity index (χ4v) is 4.70. The Morgan fingerprint density at radius 1 is 0.700 bits per heavy atom. The lowest BCUT2D eigenvalue weighted by Gasteiger charge is -2.10. The van der Waals surface area contributed by atoms with Crippen LogP contribution in [0.15, 0.2) is 69.5 Å². The van der Waals surface area contributed by atoms with Crippen LogP contribution >= 0.6 is 0 Å². The van der Waals surface area contributed by atoms with Crippen molar-refractivity contribution in [3.8, 4) is 34.4 Å². The van der Waals surface area contributed by atoms with Gasteiger partial charge in [-0.25, -0.2) is 30.2 Å². The number of aromatic nitrogens is 2. The molecule has 2 heterocycles. The summed E-state index contributed by atoms with van der Waals surface area (Å²) in [5.74, 6) is 0. The summed E-state index contributed by atoms with van der Waals surface area (Å²) in [7, 11) is 0. The Labute approximate surface area is 227 Å². The number of fused-ring (bicyclic) bond motifs is 5. The van der Waals surface area contributed by atoms with Crippen molar-refractivity contribution in [2.45, 2.75) is 13.8 Å². The Morgan fingerprint density at radius 3 is 1.70 bits per heavy atom. The van der Waals surface area contributed by atoms with Crippen LogP contribution in [0.3, 0.4) is 0 Å². The third kappa shape index (κ3) is 3.74. The highest BCUT2D eigenvalue weighted by Crippen LogP contribution is 2.40. The molecule has 0 unspecified atom stereocenters. The van der Waals surface area contributed by atoms with Gasteiger partial charge in [-0.05, 0) is 42.5 Å². The summed E-state index contributed by atoms with van der Waals surface area (Å²) in [6.45, 7) is 18.8. The van der Waals surface area contributed by atoms with Gasteiger partial charge in [0, 0.05) is 11.1 Å². The number of nitrogens with zero attached hydrogens (tertiary/aromatic N) is 6. The summed E-state index contributed by atoms with van der Waals surface area (Å²) in [5.41, 5.74) is 6.18. The van der Waals surface area contributed by atoms with Crippen LogP contribution in [-0.4, -0.2) is 9.97 Å². The lowest BCUT2D eigenvalue weighted by atomic mass is 9.94. The van der Waals surface area contributed by atoms with Crippen molar-refractivity contribution in [1.29, 1.82) is 10.5 Å². The molecule has 0 aliphatic rings. The zero-order valence-corrected chi connectivity index (χ0v) is 21.3. The highest BCUT2D eigenvalue weighted by molar-refractivity contribution is 6.21. The van der Waals surface area contributed by atoms with Gasteiger partial charge < -0.3 is 8.83 Å². The molecule has 6 rings (SSSR count). The van der Waals surface area contributed by atoms with Crippen molar-refractivity contribution in [2.75, 3.05) is 0 Å². The topological polar surface area (TPSA) is 108 Å². The van der Waals surface area contributed by atoms with Crippen molar-refractivity contribution in [3.63, 3.8) is 0 Å². The molecule has 186 valence electrons. The van der Waals surface area contributed by atoms with Gasteiger partial charge in [-0.15, -0.1) is 0 Å². The summed E-state index contributed by atoms with van der Waals surface area (Å²) in [4.78, 5) is 15.7. The second kappa shape index (κ2) is 9.26. The number of rotatable bonds is 2. The first-order valence-electron chi connectivity index (χ1n) is 12.1. The van der Waals surface area contributed by atoms with Gasteiger partial charge in [0.2, 0.25) is 11.1 Å². The summed E-state index contributed by atoms with van der Waals surface area (Å²) < 4.78 is 12.2. The third-order valence-corrected chi connectivity index (χ3v) is 6.67. The van der Waals surface area contributed by atoms with Crippen LogP contribution in [-0.2, 0) is 0 Å². The van der Waals surface area contributed by atoms with E-state index in [0.29, 0.717) is 27.6 Å². The van der Waals surface area contributed by atoms with E-state index in [1.165, 1.54) is 0 Å². The molecule has 6 aromatic rings. The molecule has 4 aromatic carbocycles. The maximum Gasteiger partial charge on any atom is 0.322 e. The predicted octanol–water partition coefficient (Wildman–Crippen LogP) is 6.18. The molecule has 2 aromatic heterocycles. The quantitative estimate of drug-likeness (QED) is 0.255. The van der Waals surface area contributed by atoms with Crippen LogP contribution in [0.5, 0.6) is 0 Å². The van der Waals surface area contributed by atoms with E-state index in [4.69, 9.17) is 22.0 Å². The fraction of sp³-hybridized carbons (Fsp3) is 0.0625. The minimum atomic E-state index is -0.280. The summed E-state index contributed by atoms with van der Waals surface area (Å²) >= 11 is 0. The van der Waals surface area contributed by atoms with Crippen LogP contribution < -0.4 is 11.1 Å². The van der Waals surface area contributed by atoms with Crippen molar-refractivity contribution in [3.05, 3.63) is 106 Å². The van der Waals surface area contributed by atoms with Gasteiger partial charge >= 0.3 is 11.4 Å². The lowest BCUT2D eigenvalue weighted by Crippen LogP contribution is -2.02. The first-order chi connectivity index (χ1) is 19.4. The van der Waals surface area contributed by atoms with Gasteiger partial charge in [-0.3, -0.25) is 0 Å². The van der Waals surface area contributed by atoms with Crippen LogP contribution in [0.1, 0.15) is 11.1 Å². The molecule has 0 radical (unpaired) electrons. The highest BCUT2D eigenvalue weighted by Gasteiger charge is 2.22. The number of aryl methyl sites for hydroxylation is 2. The minimum Gasteiger partial charge on any atom is -0.445 e. The molecule has 8 heteroatoms. The SMILES string of the molecule is [C-]#[N+]/C(C#N)=c1\nc2c(o1)c(-c1ccc(C)cc1)cc1cc(-c3ccc(C)cc3)c3n/c(=C(/C#N)[N+]#[C-])oc3c12. The molecule has 40 heavy (non-hydrogen) atoms. The number of benzene rings is 4. The van der Waals surface area contributed by atoms with Crippen molar-refractivity contribution in [2.24, 2.45) is 0 Å². The Morgan fingerprint density at radius 2 is 1.18 bits per heavy atom. The fourth-order valence-electron chi connectivity index (χ4n) is 4.70. The second-order valence-electron chi connectivity index (χ2n) is 9.22. The first kappa shape index (κ1) is 24.1. The Kier molecular flexibility index (Phi) is 5.59. The van der Waals surface area contributed by atoms with E-state index in [9.17, 15) is 10.5 Å². The smallest absolute Gasteiger partial charge is 0.322 e. The average molecular weight is 517 g/mol. The largest absolute Gasteiger partial charge is 0.445 e. The molecular weight excluding hydrogens is 500 g/mol. The Balaban J connectivity index is 1.87. The normalized spacial score (nSPS) is 12.4. The molecule has 0 aliphatic carbocycles. The maximum atomic E-state index is 9.52. The van der Waals surface area contributed by atoms with Crippen LogP contribution in [0.25, 0.3) is 76.3 Å². The molecule has 0 saturated heterocycles. The zero-order chi connectivity index (χ0) is 28.0. The van der Waals surface area contributed by atoms with E-state index in [0.717, 1.165) is 38.8 Å². The van der Waals surface area contributed by atoms with Crippen LogP contribution in [0.4, 0.5) is 0 Å². The predicted molar refractivity (Wildman–Crippen MR) is 150 cm³/mol. The number of hydrogen-bond donors (Lipinski definition) is 0. The molecule has 0 atom stereocenters. The number of nitriles is 2. The molecule has 0 bridgehead atoms. The van der Waals surface area contributed by atoms with Crippen LogP contribution in [0, 0.1) is 49.7 Å². The van der Waals surface area contributed by atoms with E-state index in [1.807, 2.05) is 86.6 Å².